The molecule has 2 unspecified atom stereocenters. The van der Waals surface area contributed by atoms with Gasteiger partial charge in [0.2, 0.25) is 0 Å². The highest BCUT2D eigenvalue weighted by Gasteiger charge is 2.86. The van der Waals surface area contributed by atoms with Crippen LogP contribution >= 0.6 is 0 Å². The molecule has 2 aromatic carbocycles. The van der Waals surface area contributed by atoms with E-state index < -0.39 is 92.5 Å². The normalized spacial score (nSPS) is 23.5. The maximum absolute atomic E-state index is 15.4. The molecule has 1 aliphatic rings. The lowest BCUT2D eigenvalue weighted by molar-refractivity contribution is -0.303. The van der Waals surface area contributed by atoms with Crippen LogP contribution in [0, 0.1) is 23.3 Å². The van der Waals surface area contributed by atoms with E-state index in [1.54, 1.807) is 0 Å². The summed E-state index contributed by atoms with van der Waals surface area (Å²) in [6, 6.07) is 1.36. The second kappa shape index (κ2) is 8.09. The van der Waals surface area contributed by atoms with E-state index >= 15 is 4.39 Å². The molecule has 2 aromatic rings. The van der Waals surface area contributed by atoms with Gasteiger partial charge in [-0.25, -0.2) is 39.5 Å². The highest BCUT2D eigenvalue weighted by Crippen LogP contribution is 2.68. The SMILES string of the molecule is Oc1ccc(-c2c(F)c(F)c(F)c(F)c2C2(C(F)(F)F)C(F)=C(F)C(F)=C(F)C2(F)C(F)(F)F)cc1. The number of phenols is 1. The third kappa shape index (κ3) is 3.21. The Morgan fingerprint density at radius 1 is 0.583 bits per heavy atom. The van der Waals surface area contributed by atoms with E-state index in [0.717, 1.165) is 0 Å². The van der Waals surface area contributed by atoms with E-state index in [2.05, 4.69) is 0 Å². The van der Waals surface area contributed by atoms with E-state index in [-0.39, 0.29) is 12.1 Å². The molecule has 0 amide bonds. The lowest BCUT2D eigenvalue weighted by atomic mass is 9.61. The minimum Gasteiger partial charge on any atom is -0.508 e. The fraction of sp³-hybridized carbons (Fsp3) is 0.200. The van der Waals surface area contributed by atoms with Crippen LogP contribution in [0.5, 0.6) is 5.75 Å². The quantitative estimate of drug-likeness (QED) is 0.230. The molecule has 0 radical (unpaired) electrons. The Balaban J connectivity index is 2.79. The van der Waals surface area contributed by atoms with Crippen molar-refractivity contribution in [2.45, 2.75) is 23.4 Å². The van der Waals surface area contributed by atoms with Crippen molar-refractivity contribution in [1.82, 2.24) is 0 Å². The summed E-state index contributed by atoms with van der Waals surface area (Å²) < 4.78 is 214. The average molecular weight is 546 g/mol. The van der Waals surface area contributed by atoms with Gasteiger partial charge in [-0.3, -0.25) is 0 Å². The monoisotopic (exact) mass is 546 g/mol. The van der Waals surface area contributed by atoms with Gasteiger partial charge < -0.3 is 5.11 Å². The predicted molar refractivity (Wildman–Crippen MR) is 89.5 cm³/mol. The van der Waals surface area contributed by atoms with Gasteiger partial charge in [-0.05, 0) is 17.7 Å². The van der Waals surface area contributed by atoms with Crippen molar-refractivity contribution in [2.75, 3.05) is 0 Å². The molecule has 0 saturated carbocycles. The molecule has 16 heteroatoms. The summed E-state index contributed by atoms with van der Waals surface area (Å²) in [6.45, 7) is 0. The van der Waals surface area contributed by atoms with Crippen molar-refractivity contribution in [2.24, 2.45) is 0 Å². The number of rotatable bonds is 2. The van der Waals surface area contributed by atoms with E-state index in [4.69, 9.17) is 0 Å². The van der Waals surface area contributed by atoms with Gasteiger partial charge in [-0.1, -0.05) is 12.1 Å². The summed E-state index contributed by atoms with van der Waals surface area (Å²) in [7, 11) is 0. The summed E-state index contributed by atoms with van der Waals surface area (Å²) in [6.07, 6.45) is -14.8. The zero-order valence-corrected chi connectivity index (χ0v) is 16.4. The number of allylic oxidation sites excluding steroid dienone is 4. The third-order valence-corrected chi connectivity index (χ3v) is 5.34. The van der Waals surface area contributed by atoms with Crippen LogP contribution < -0.4 is 0 Å². The number of phenolic OH excluding ortho intramolecular Hbond substituents is 1. The van der Waals surface area contributed by atoms with Crippen LogP contribution in [0.1, 0.15) is 5.56 Å². The van der Waals surface area contributed by atoms with Crippen LogP contribution in [-0.4, -0.2) is 23.1 Å². The van der Waals surface area contributed by atoms with Gasteiger partial charge in [0, 0.05) is 11.1 Å². The lowest BCUT2D eigenvalue weighted by Gasteiger charge is -2.47. The van der Waals surface area contributed by atoms with Crippen molar-refractivity contribution >= 4 is 0 Å². The number of hydrogen-bond acceptors (Lipinski definition) is 1. The summed E-state index contributed by atoms with van der Waals surface area (Å²) in [5.41, 5.74) is -21.1. The van der Waals surface area contributed by atoms with Crippen molar-refractivity contribution in [3.05, 3.63) is 76.4 Å². The van der Waals surface area contributed by atoms with E-state index in [1.165, 1.54) is 0 Å². The number of halogens is 15. The molecule has 0 spiro atoms. The molecule has 0 bridgehead atoms. The number of alkyl halides is 7. The maximum atomic E-state index is 15.4. The molecule has 196 valence electrons. The lowest BCUT2D eigenvalue weighted by Crippen LogP contribution is -2.67. The van der Waals surface area contributed by atoms with Crippen LogP contribution in [-0.2, 0) is 5.41 Å². The number of benzene rings is 2. The fourth-order valence-electron chi connectivity index (χ4n) is 3.79. The Morgan fingerprint density at radius 3 is 1.47 bits per heavy atom. The Morgan fingerprint density at radius 2 is 1.03 bits per heavy atom. The predicted octanol–water partition coefficient (Wildman–Crippen LogP) is 8.00. The molecular formula is C20H5F15O. The van der Waals surface area contributed by atoms with Gasteiger partial charge in [0.1, 0.15) is 5.75 Å². The Labute approximate surface area is 188 Å². The van der Waals surface area contributed by atoms with Crippen molar-refractivity contribution in [3.63, 3.8) is 0 Å². The van der Waals surface area contributed by atoms with Crippen molar-refractivity contribution < 1.29 is 71.0 Å². The van der Waals surface area contributed by atoms with Crippen LogP contribution in [0.2, 0.25) is 0 Å². The van der Waals surface area contributed by atoms with Crippen molar-refractivity contribution in [3.8, 4) is 16.9 Å². The molecule has 0 saturated heterocycles. The smallest absolute Gasteiger partial charge is 0.430 e. The molecular weight excluding hydrogens is 541 g/mol. The van der Waals surface area contributed by atoms with E-state index in [0.29, 0.717) is 12.1 Å². The van der Waals surface area contributed by atoms with E-state index in [9.17, 15) is 66.6 Å². The molecule has 1 N–H and O–H groups in total. The van der Waals surface area contributed by atoms with Crippen LogP contribution in [0.25, 0.3) is 11.1 Å². The van der Waals surface area contributed by atoms with Gasteiger partial charge in [-0.15, -0.1) is 0 Å². The van der Waals surface area contributed by atoms with Crippen LogP contribution in [0.15, 0.2) is 47.6 Å². The molecule has 0 heterocycles. The largest absolute Gasteiger partial charge is 0.508 e. The first kappa shape index (κ1) is 27.3. The first-order valence-corrected chi connectivity index (χ1v) is 8.88. The van der Waals surface area contributed by atoms with Crippen LogP contribution in [0.4, 0.5) is 65.9 Å². The number of hydrogen-bond donors (Lipinski definition) is 1. The summed E-state index contributed by atoms with van der Waals surface area (Å²) in [5.74, 6) is -29.7. The Kier molecular flexibility index (Phi) is 6.13. The minimum absolute atomic E-state index is 0.249. The zero-order valence-electron chi connectivity index (χ0n) is 16.4. The summed E-state index contributed by atoms with van der Waals surface area (Å²) in [4.78, 5) is 0. The molecule has 1 aliphatic carbocycles. The van der Waals surface area contributed by atoms with Gasteiger partial charge in [0.05, 0.1) is 0 Å². The third-order valence-electron chi connectivity index (χ3n) is 5.34. The molecule has 3 rings (SSSR count). The van der Waals surface area contributed by atoms with E-state index in [1.807, 2.05) is 0 Å². The van der Waals surface area contributed by atoms with Gasteiger partial charge >= 0.3 is 12.4 Å². The minimum atomic E-state index is -7.41. The Hall–Kier alpha value is -3.33. The zero-order chi connectivity index (χ0) is 27.8. The van der Waals surface area contributed by atoms with Gasteiger partial charge in [0.25, 0.3) is 5.67 Å². The second-order valence-corrected chi connectivity index (χ2v) is 7.21. The standard InChI is InChI=1S/C20H5F15O/c21-9-7(5-1-3-6(36)4-2-5)8(10(22)12(24)11(9)23)17(19(30,31)32)15(27)13(25)14(26)16(28)18(17,29)20(33,34)35/h1-4,36H. The Bertz CT molecular complexity index is 1300. The molecule has 0 aromatic heterocycles. The number of aromatic hydroxyl groups is 1. The first-order chi connectivity index (χ1) is 16.3. The van der Waals surface area contributed by atoms with Gasteiger partial charge in [-0.2, -0.15) is 26.3 Å². The fourth-order valence-corrected chi connectivity index (χ4v) is 3.79. The molecule has 2 atom stereocenters. The van der Waals surface area contributed by atoms with Gasteiger partial charge in [0.15, 0.2) is 52.0 Å². The highest BCUT2D eigenvalue weighted by atomic mass is 19.4. The second-order valence-electron chi connectivity index (χ2n) is 7.21. The maximum Gasteiger partial charge on any atom is 0.430 e. The molecule has 36 heavy (non-hydrogen) atoms. The van der Waals surface area contributed by atoms with Crippen LogP contribution in [0.3, 0.4) is 0 Å². The summed E-state index contributed by atoms with van der Waals surface area (Å²) >= 11 is 0. The first-order valence-electron chi connectivity index (χ1n) is 8.88. The molecule has 0 fully saturated rings. The highest BCUT2D eigenvalue weighted by molar-refractivity contribution is 5.74. The molecule has 0 aliphatic heterocycles. The van der Waals surface area contributed by atoms with Crippen molar-refractivity contribution in [1.29, 1.82) is 0 Å². The molecule has 1 nitrogen and oxygen atoms in total. The average Bonchev–Trinajstić information content (AvgIpc) is 2.77. The summed E-state index contributed by atoms with van der Waals surface area (Å²) in [5, 5.41) is 9.25. The topological polar surface area (TPSA) is 20.2 Å².